The van der Waals surface area contributed by atoms with Crippen molar-refractivity contribution in [2.75, 3.05) is 32.4 Å². The van der Waals surface area contributed by atoms with Gasteiger partial charge in [0.1, 0.15) is 0 Å². The first kappa shape index (κ1) is 22.9. The first-order valence-corrected chi connectivity index (χ1v) is 11.0. The Morgan fingerprint density at radius 3 is 1.90 bits per heavy atom. The molecule has 0 aliphatic rings. The molecule has 1 heterocycles. The number of carbonyl (C=O) groups is 1. The van der Waals surface area contributed by atoms with E-state index in [4.69, 9.17) is 13.7 Å². The van der Waals surface area contributed by atoms with Crippen LogP contribution >= 0.6 is 0 Å². The van der Waals surface area contributed by atoms with Gasteiger partial charge in [0.2, 0.25) is 5.95 Å². The van der Waals surface area contributed by atoms with Gasteiger partial charge in [-0.1, -0.05) is 12.1 Å². The van der Waals surface area contributed by atoms with E-state index in [9.17, 15) is 21.6 Å². The Morgan fingerprint density at radius 2 is 1.43 bits per heavy atom. The average molecular weight is 463 g/mol. The van der Waals surface area contributed by atoms with E-state index in [0.29, 0.717) is 0 Å². The molecule has 16 heteroatoms. The van der Waals surface area contributed by atoms with Crippen LogP contribution in [0, 0.1) is 0 Å². The molecule has 30 heavy (non-hydrogen) atoms. The van der Waals surface area contributed by atoms with Gasteiger partial charge in [-0.05, 0) is 12.1 Å². The van der Waals surface area contributed by atoms with Crippen molar-refractivity contribution in [1.82, 2.24) is 19.7 Å². The highest BCUT2D eigenvalue weighted by Gasteiger charge is 2.25. The molecule has 2 rings (SSSR count). The van der Waals surface area contributed by atoms with Crippen molar-refractivity contribution in [1.29, 1.82) is 0 Å². The van der Waals surface area contributed by atoms with E-state index >= 15 is 0 Å². The van der Waals surface area contributed by atoms with Crippen molar-refractivity contribution >= 4 is 32.4 Å². The van der Waals surface area contributed by atoms with Gasteiger partial charge >= 0.3 is 38.5 Å². The van der Waals surface area contributed by atoms with Gasteiger partial charge in [-0.15, -0.1) is 4.98 Å². The highest BCUT2D eigenvalue weighted by molar-refractivity contribution is 7.86. The second-order valence-electron chi connectivity index (χ2n) is 5.35. The maximum absolute atomic E-state index is 12.3. The van der Waals surface area contributed by atoms with E-state index in [1.807, 2.05) is 0 Å². The smallest absolute Gasteiger partial charge is 0.411 e. The van der Waals surface area contributed by atoms with E-state index in [1.165, 1.54) is 39.5 Å². The number of nitrogens with zero attached hydrogens (tertiary/aromatic N) is 4. The van der Waals surface area contributed by atoms with Crippen LogP contribution in [-0.2, 0) is 20.4 Å². The zero-order valence-electron chi connectivity index (χ0n) is 16.1. The Bertz CT molecular complexity index is 1120. The van der Waals surface area contributed by atoms with Gasteiger partial charge in [0.25, 0.3) is 0 Å². The molecule has 1 aromatic heterocycles. The molecule has 2 amide bonds. The SMILES string of the molecule is COc1nc(OC)nc(N(C)C(=O)NS(=O)(=O)Oc2ccccc2OS(C)(=O)=O)n1. The molecule has 164 valence electrons. The quantitative estimate of drug-likeness (QED) is 0.506. The highest BCUT2D eigenvalue weighted by Crippen LogP contribution is 2.28. The number of carbonyl (C=O) groups excluding carboxylic acids is 1. The summed E-state index contributed by atoms with van der Waals surface area (Å²) in [4.78, 5) is 24.4. The minimum absolute atomic E-state index is 0.178. The third-order valence-corrected chi connectivity index (χ3v) is 4.36. The van der Waals surface area contributed by atoms with E-state index in [0.717, 1.165) is 17.2 Å². The zero-order chi connectivity index (χ0) is 22.5. The molecule has 0 saturated heterocycles. The van der Waals surface area contributed by atoms with Gasteiger partial charge in [0.05, 0.1) is 20.5 Å². The Kier molecular flexibility index (Phi) is 6.83. The summed E-state index contributed by atoms with van der Waals surface area (Å²) in [6, 6.07) is 3.51. The fourth-order valence-corrected chi connectivity index (χ4v) is 3.05. The molecule has 0 atom stereocenters. The topological polar surface area (TPSA) is 176 Å². The lowest BCUT2D eigenvalue weighted by Crippen LogP contribution is -2.43. The summed E-state index contributed by atoms with van der Waals surface area (Å²) >= 11 is 0. The molecule has 0 spiro atoms. The van der Waals surface area contributed by atoms with Crippen LogP contribution in [0.3, 0.4) is 0 Å². The maximum Gasteiger partial charge on any atom is 0.411 e. The number of hydrogen-bond donors (Lipinski definition) is 1. The number of amides is 2. The molecule has 0 fully saturated rings. The minimum atomic E-state index is -4.75. The third kappa shape index (κ3) is 6.31. The number of benzene rings is 1. The van der Waals surface area contributed by atoms with Crippen molar-refractivity contribution in [2.45, 2.75) is 0 Å². The van der Waals surface area contributed by atoms with Crippen LogP contribution in [0.15, 0.2) is 24.3 Å². The Morgan fingerprint density at radius 1 is 0.933 bits per heavy atom. The molecule has 1 aromatic carbocycles. The number of anilines is 1. The highest BCUT2D eigenvalue weighted by atomic mass is 32.2. The minimum Gasteiger partial charge on any atom is -0.467 e. The summed E-state index contributed by atoms with van der Waals surface area (Å²) in [6.45, 7) is 0. The number of methoxy groups -OCH3 is 2. The number of nitrogens with one attached hydrogen (secondary N) is 1. The van der Waals surface area contributed by atoms with Gasteiger partial charge in [0.15, 0.2) is 11.5 Å². The number of urea groups is 1. The monoisotopic (exact) mass is 463 g/mol. The molecule has 0 aliphatic carbocycles. The van der Waals surface area contributed by atoms with Gasteiger partial charge < -0.3 is 17.8 Å². The second-order valence-corrected chi connectivity index (χ2v) is 8.20. The van der Waals surface area contributed by atoms with Crippen LogP contribution < -0.4 is 27.5 Å². The normalized spacial score (nSPS) is 11.3. The molecule has 1 N–H and O–H groups in total. The molecule has 2 aromatic rings. The van der Waals surface area contributed by atoms with E-state index in [-0.39, 0.29) is 18.0 Å². The number of hydrogen-bond acceptors (Lipinski definition) is 12. The van der Waals surface area contributed by atoms with Crippen molar-refractivity contribution in [2.24, 2.45) is 0 Å². The molecule has 0 saturated carbocycles. The van der Waals surface area contributed by atoms with E-state index in [1.54, 1.807) is 4.72 Å². The summed E-state index contributed by atoms with van der Waals surface area (Å²) in [5.41, 5.74) is 0. The summed E-state index contributed by atoms with van der Waals surface area (Å²) < 4.78 is 67.8. The Balaban J connectivity index is 2.21. The predicted octanol–water partition coefficient (Wildman–Crippen LogP) is -0.303. The predicted molar refractivity (Wildman–Crippen MR) is 101 cm³/mol. The number of rotatable bonds is 8. The van der Waals surface area contributed by atoms with Crippen LogP contribution in [0.25, 0.3) is 0 Å². The van der Waals surface area contributed by atoms with Crippen LogP contribution in [-0.4, -0.2) is 65.3 Å². The lowest BCUT2D eigenvalue weighted by molar-refractivity contribution is 0.251. The Hall–Kier alpha value is -3.40. The van der Waals surface area contributed by atoms with Gasteiger partial charge in [0, 0.05) is 7.05 Å². The van der Waals surface area contributed by atoms with Crippen LogP contribution in [0.2, 0.25) is 0 Å². The molecule has 14 nitrogen and oxygen atoms in total. The standard InChI is InChI=1S/C14H17N5O9S2/c1-19(11-15-12(25-2)17-13(16-11)26-3)14(20)18-30(23,24)28-10-8-6-5-7-9(10)27-29(4,21)22/h5-8H,1-4H3,(H,18,20). The first-order valence-electron chi connectivity index (χ1n) is 7.76. The van der Waals surface area contributed by atoms with E-state index < -0.39 is 38.0 Å². The molecule has 0 aliphatic heterocycles. The van der Waals surface area contributed by atoms with Gasteiger partial charge in [-0.2, -0.15) is 26.8 Å². The molecule has 0 radical (unpaired) electrons. The lowest BCUT2D eigenvalue weighted by atomic mass is 10.3. The summed E-state index contributed by atoms with van der Waals surface area (Å²) in [6.07, 6.45) is 0.770. The average Bonchev–Trinajstić information content (AvgIpc) is 2.66. The first-order chi connectivity index (χ1) is 13.9. The van der Waals surface area contributed by atoms with Gasteiger partial charge in [-0.3, -0.25) is 4.90 Å². The number of ether oxygens (including phenoxy) is 2. The lowest BCUT2D eigenvalue weighted by Gasteiger charge is -2.17. The molecular formula is C14H17N5O9S2. The van der Waals surface area contributed by atoms with Crippen molar-refractivity contribution < 1.29 is 39.5 Å². The Labute approximate surface area is 172 Å². The van der Waals surface area contributed by atoms with Crippen molar-refractivity contribution in [3.05, 3.63) is 24.3 Å². The fourth-order valence-electron chi connectivity index (χ4n) is 1.82. The van der Waals surface area contributed by atoms with E-state index in [2.05, 4.69) is 19.1 Å². The van der Waals surface area contributed by atoms with Gasteiger partial charge in [-0.25, -0.2) is 9.52 Å². The van der Waals surface area contributed by atoms with Crippen LogP contribution in [0.5, 0.6) is 23.5 Å². The van der Waals surface area contributed by atoms with Crippen molar-refractivity contribution in [3.63, 3.8) is 0 Å². The van der Waals surface area contributed by atoms with Crippen molar-refractivity contribution in [3.8, 4) is 23.5 Å². The zero-order valence-corrected chi connectivity index (χ0v) is 17.7. The third-order valence-electron chi connectivity index (χ3n) is 3.05. The number of para-hydroxylation sites is 2. The maximum atomic E-state index is 12.3. The van der Waals surface area contributed by atoms with Crippen LogP contribution in [0.1, 0.15) is 0 Å². The fraction of sp³-hybridized carbons (Fsp3) is 0.286. The summed E-state index contributed by atoms with van der Waals surface area (Å²) in [7, 11) is -5.00. The molecule has 0 bridgehead atoms. The second kappa shape index (κ2) is 8.95. The largest absolute Gasteiger partial charge is 0.467 e. The van der Waals surface area contributed by atoms with Crippen LogP contribution in [0.4, 0.5) is 10.7 Å². The number of aromatic nitrogens is 3. The molecular weight excluding hydrogens is 446 g/mol. The summed E-state index contributed by atoms with van der Waals surface area (Å²) in [5, 5.41) is 0. The molecule has 0 unspecified atom stereocenters. The summed E-state index contributed by atoms with van der Waals surface area (Å²) in [5.74, 6) is -1.14.